The van der Waals surface area contributed by atoms with E-state index in [1.807, 2.05) is 0 Å². The lowest BCUT2D eigenvalue weighted by atomic mass is 10.7. The van der Waals surface area contributed by atoms with E-state index in [4.69, 9.17) is 18.9 Å². The van der Waals surface area contributed by atoms with Crippen LogP contribution in [0.25, 0.3) is 0 Å². The molecule has 6 heteroatoms. The summed E-state index contributed by atoms with van der Waals surface area (Å²) in [4.78, 5) is 0. The molecule has 106 valence electrons. The standard InChI is InChI=1S/C12H24O6/c1-13-3-5-15-7-9-17-11-12-18-10-8-16-6-4-14-2/h1-12H2/q+2. The van der Waals surface area contributed by atoms with E-state index in [2.05, 4.69) is 23.7 Å². The maximum atomic E-state index is 5.28. The van der Waals surface area contributed by atoms with Crippen LogP contribution in [0.2, 0.25) is 0 Å². The minimum absolute atomic E-state index is 0.502. The van der Waals surface area contributed by atoms with Gasteiger partial charge in [0.15, 0.2) is 0 Å². The highest BCUT2D eigenvalue weighted by Crippen LogP contribution is 1.83. The first-order valence-corrected chi connectivity index (χ1v) is 5.96. The topological polar surface area (TPSA) is 55.4 Å². The fraction of sp³-hybridized carbons (Fsp3) is 0.833. The third kappa shape index (κ3) is 15.5. The second-order valence-corrected chi connectivity index (χ2v) is 3.27. The van der Waals surface area contributed by atoms with Crippen LogP contribution in [0.3, 0.4) is 0 Å². The summed E-state index contributed by atoms with van der Waals surface area (Å²) in [6.45, 7) is 5.40. The Labute approximate surface area is 109 Å². The molecule has 0 aromatic carbocycles. The quantitative estimate of drug-likeness (QED) is 0.320. The molecule has 0 aromatic heterocycles. The molecule has 0 spiro atoms. The monoisotopic (exact) mass is 264 g/mol. The lowest BCUT2D eigenvalue weighted by Gasteiger charge is -2.06. The Hall–Kier alpha value is -0.500. The molecule has 0 atom stereocenters. The lowest BCUT2D eigenvalue weighted by Crippen LogP contribution is -2.13. The largest absolute Gasteiger partial charge is 0.377 e. The Balaban J connectivity index is 2.86. The third-order valence-electron chi connectivity index (χ3n) is 1.86. The molecule has 0 N–H and O–H groups in total. The van der Waals surface area contributed by atoms with Crippen LogP contribution in [0.1, 0.15) is 0 Å². The summed E-state index contributed by atoms with van der Waals surface area (Å²) in [6.07, 6.45) is 0. The van der Waals surface area contributed by atoms with Gasteiger partial charge >= 0.3 is 0 Å². The summed E-state index contributed by atoms with van der Waals surface area (Å²) in [5.41, 5.74) is 0. The highest BCUT2D eigenvalue weighted by Gasteiger charge is 1.93. The van der Waals surface area contributed by atoms with Gasteiger partial charge in [0.25, 0.3) is 0 Å². The molecule has 0 radical (unpaired) electrons. The van der Waals surface area contributed by atoms with Gasteiger partial charge in [0, 0.05) is 0 Å². The highest BCUT2D eigenvalue weighted by molar-refractivity contribution is 4.35. The Kier molecular flexibility index (Phi) is 16.0. The van der Waals surface area contributed by atoms with Gasteiger partial charge in [-0.2, -0.15) is 9.47 Å². The second-order valence-electron chi connectivity index (χ2n) is 3.27. The van der Waals surface area contributed by atoms with E-state index in [1.165, 1.54) is 0 Å². The molecule has 0 saturated carbocycles. The van der Waals surface area contributed by atoms with Crippen LogP contribution in [0, 0.1) is 14.2 Å². The van der Waals surface area contributed by atoms with Crippen LogP contribution < -0.4 is 0 Å². The fourth-order valence-electron chi connectivity index (χ4n) is 0.998. The zero-order valence-electron chi connectivity index (χ0n) is 10.9. The van der Waals surface area contributed by atoms with Crippen LogP contribution in [-0.2, 0) is 28.4 Å². The average molecular weight is 264 g/mol. The molecule has 0 fully saturated rings. The molecular weight excluding hydrogens is 240 g/mol. The van der Waals surface area contributed by atoms with E-state index in [1.54, 1.807) is 0 Å². The van der Waals surface area contributed by atoms with Gasteiger partial charge in [0.2, 0.25) is 14.2 Å². The van der Waals surface area contributed by atoms with Crippen molar-refractivity contribution in [2.45, 2.75) is 0 Å². The van der Waals surface area contributed by atoms with Crippen molar-refractivity contribution in [2.24, 2.45) is 0 Å². The first kappa shape index (κ1) is 17.5. The van der Waals surface area contributed by atoms with Crippen molar-refractivity contribution in [1.82, 2.24) is 0 Å². The first-order chi connectivity index (χ1) is 8.91. The second kappa shape index (κ2) is 16.5. The number of hydrogen-bond acceptors (Lipinski definition) is 6. The maximum Gasteiger partial charge on any atom is 0.213 e. The maximum absolute atomic E-state index is 5.28. The molecule has 0 unspecified atom stereocenters. The predicted octanol–water partition coefficient (Wildman–Crippen LogP) is 0.669. The lowest BCUT2D eigenvalue weighted by molar-refractivity contribution is -0.00996. The van der Waals surface area contributed by atoms with Crippen LogP contribution in [0.4, 0.5) is 0 Å². The summed E-state index contributed by atoms with van der Waals surface area (Å²) in [5, 5.41) is 0. The summed E-state index contributed by atoms with van der Waals surface area (Å²) < 4.78 is 30.1. The Morgan fingerprint density at radius 3 is 0.833 bits per heavy atom. The third-order valence-corrected chi connectivity index (χ3v) is 1.86. The van der Waals surface area contributed by atoms with E-state index >= 15 is 0 Å². The van der Waals surface area contributed by atoms with Gasteiger partial charge in [-0.15, -0.1) is 0 Å². The summed E-state index contributed by atoms with van der Waals surface area (Å²) in [5.74, 6) is 0. The van der Waals surface area contributed by atoms with E-state index in [-0.39, 0.29) is 0 Å². The van der Waals surface area contributed by atoms with Crippen LogP contribution in [0.5, 0.6) is 0 Å². The Bertz CT molecular complexity index is 129. The van der Waals surface area contributed by atoms with E-state index in [0.717, 1.165) is 0 Å². The number of hydrogen-bond donors (Lipinski definition) is 0. The van der Waals surface area contributed by atoms with Crippen LogP contribution in [0.15, 0.2) is 0 Å². The van der Waals surface area contributed by atoms with Gasteiger partial charge in [-0.05, 0) is 0 Å². The van der Waals surface area contributed by atoms with Crippen molar-refractivity contribution >= 4 is 0 Å². The number of rotatable bonds is 15. The number of ether oxygens (including phenoxy) is 6. The molecule has 6 nitrogen and oxygen atoms in total. The van der Waals surface area contributed by atoms with Gasteiger partial charge in [-0.3, -0.25) is 0 Å². The van der Waals surface area contributed by atoms with Crippen LogP contribution in [-0.4, -0.2) is 66.1 Å². The summed E-state index contributed by atoms with van der Waals surface area (Å²) in [7, 11) is 6.47. The SMILES string of the molecule is [CH2+]OCCOCCOCCOCCOCCO[CH2+]. The fourth-order valence-corrected chi connectivity index (χ4v) is 0.998. The normalized spacial score (nSPS) is 10.9. The zero-order valence-corrected chi connectivity index (χ0v) is 10.9. The summed E-state index contributed by atoms with van der Waals surface area (Å²) >= 11 is 0. The Morgan fingerprint density at radius 2 is 0.611 bits per heavy atom. The van der Waals surface area contributed by atoms with Crippen molar-refractivity contribution in [1.29, 1.82) is 0 Å². The van der Waals surface area contributed by atoms with Crippen molar-refractivity contribution < 1.29 is 28.4 Å². The zero-order chi connectivity index (χ0) is 13.3. The molecular formula is C12H24O6+2. The molecule has 0 aliphatic rings. The van der Waals surface area contributed by atoms with Gasteiger partial charge in [0.1, 0.15) is 13.2 Å². The van der Waals surface area contributed by atoms with E-state index in [0.29, 0.717) is 66.1 Å². The molecule has 0 rings (SSSR count). The van der Waals surface area contributed by atoms with Crippen molar-refractivity contribution in [3.63, 3.8) is 0 Å². The van der Waals surface area contributed by atoms with Gasteiger partial charge in [-0.1, -0.05) is 0 Å². The van der Waals surface area contributed by atoms with E-state index in [9.17, 15) is 0 Å². The predicted molar refractivity (Wildman–Crippen MR) is 65.9 cm³/mol. The van der Waals surface area contributed by atoms with Gasteiger partial charge in [-0.25, -0.2) is 0 Å². The first-order valence-electron chi connectivity index (χ1n) is 5.96. The molecule has 18 heavy (non-hydrogen) atoms. The van der Waals surface area contributed by atoms with Crippen molar-refractivity contribution in [2.75, 3.05) is 66.1 Å². The smallest absolute Gasteiger partial charge is 0.213 e. The minimum atomic E-state index is 0.502. The van der Waals surface area contributed by atoms with Crippen molar-refractivity contribution in [3.8, 4) is 0 Å². The molecule has 0 aliphatic heterocycles. The van der Waals surface area contributed by atoms with Gasteiger partial charge < -0.3 is 18.9 Å². The Morgan fingerprint density at radius 1 is 0.389 bits per heavy atom. The van der Waals surface area contributed by atoms with Crippen molar-refractivity contribution in [3.05, 3.63) is 14.2 Å². The molecule has 0 heterocycles. The molecule has 0 saturated heterocycles. The van der Waals surface area contributed by atoms with Crippen LogP contribution >= 0.6 is 0 Å². The minimum Gasteiger partial charge on any atom is -0.377 e. The molecule has 0 aliphatic carbocycles. The average Bonchev–Trinajstić information content (AvgIpc) is 2.39. The highest BCUT2D eigenvalue weighted by atomic mass is 16.6. The van der Waals surface area contributed by atoms with E-state index < -0.39 is 0 Å². The molecule has 0 aromatic rings. The molecule has 0 bridgehead atoms. The van der Waals surface area contributed by atoms with Gasteiger partial charge in [0.05, 0.1) is 52.9 Å². The summed E-state index contributed by atoms with van der Waals surface area (Å²) in [6, 6.07) is 0. The molecule has 0 amide bonds.